The van der Waals surface area contributed by atoms with Crippen LogP contribution in [0.25, 0.3) is 22.5 Å². The van der Waals surface area contributed by atoms with Crippen LogP contribution in [0.4, 0.5) is 0 Å². The number of aromatic nitrogens is 2. The molecule has 0 spiro atoms. The summed E-state index contributed by atoms with van der Waals surface area (Å²) in [5.74, 6) is 0.810. The smallest absolute Gasteiger partial charge is 0.262 e. The van der Waals surface area contributed by atoms with E-state index in [1.807, 2.05) is 67.0 Å². The third-order valence-corrected chi connectivity index (χ3v) is 9.28. The minimum Gasteiger partial charge on any atom is -0.494 e. The summed E-state index contributed by atoms with van der Waals surface area (Å²) in [4.78, 5) is 37.1. The van der Waals surface area contributed by atoms with Crippen LogP contribution in [-0.4, -0.2) is 52.2 Å². The second-order valence-electron chi connectivity index (χ2n) is 13.0. The molecule has 4 rings (SSSR count). The van der Waals surface area contributed by atoms with Gasteiger partial charge in [0.1, 0.15) is 11.8 Å². The van der Waals surface area contributed by atoms with Gasteiger partial charge in [0.05, 0.1) is 17.6 Å². The van der Waals surface area contributed by atoms with Crippen molar-refractivity contribution in [3.8, 4) is 28.3 Å². The van der Waals surface area contributed by atoms with Gasteiger partial charge in [-0.1, -0.05) is 89.8 Å². The second-order valence-corrected chi connectivity index (χ2v) is 14.1. The van der Waals surface area contributed by atoms with Crippen molar-refractivity contribution in [2.45, 2.75) is 90.7 Å². The molecule has 2 amide bonds. The van der Waals surface area contributed by atoms with Gasteiger partial charge in [-0.25, -0.2) is 9.97 Å². The Hall–Kier alpha value is -4.08. The number of carbonyl (C=O) groups is 2. The zero-order chi connectivity index (χ0) is 33.8. The third kappa shape index (κ3) is 11.0. The Balaban J connectivity index is 1.38. The number of rotatable bonds is 16. The predicted molar refractivity (Wildman–Crippen MR) is 190 cm³/mol. The molecule has 2 aromatic carbocycles. The first-order valence-electron chi connectivity index (χ1n) is 16.5. The molecule has 250 valence electrons. The Kier molecular flexibility index (Phi) is 13.1. The summed E-state index contributed by atoms with van der Waals surface area (Å²) in [6, 6.07) is 18.6. The summed E-state index contributed by atoms with van der Waals surface area (Å²) in [6.45, 7) is 10.9. The Morgan fingerprint density at radius 1 is 0.872 bits per heavy atom. The average Bonchev–Trinajstić information content (AvgIpc) is 3.58. The van der Waals surface area contributed by atoms with Gasteiger partial charge >= 0.3 is 0 Å². The maximum Gasteiger partial charge on any atom is 0.262 e. The van der Waals surface area contributed by atoms with Crippen LogP contribution in [0.5, 0.6) is 5.75 Å². The normalized spacial score (nSPS) is 12.7. The van der Waals surface area contributed by atoms with Gasteiger partial charge in [0.25, 0.3) is 5.91 Å². The van der Waals surface area contributed by atoms with Gasteiger partial charge in [0.2, 0.25) is 5.91 Å². The topological polar surface area (TPSA) is 113 Å². The van der Waals surface area contributed by atoms with Crippen LogP contribution >= 0.6 is 11.3 Å². The Morgan fingerprint density at radius 2 is 1.53 bits per heavy atom. The molecule has 0 fully saturated rings. The molecule has 3 N–H and O–H groups in total. The summed E-state index contributed by atoms with van der Waals surface area (Å²) in [5.41, 5.74) is 3.57. The van der Waals surface area contributed by atoms with E-state index in [0.717, 1.165) is 45.9 Å². The van der Waals surface area contributed by atoms with Crippen LogP contribution in [0.3, 0.4) is 0 Å². The van der Waals surface area contributed by atoms with Crippen molar-refractivity contribution in [2.24, 2.45) is 0 Å². The van der Waals surface area contributed by atoms with Crippen molar-refractivity contribution in [1.82, 2.24) is 20.6 Å². The number of unbranched alkanes of at least 4 members (excludes halogenated alkanes) is 4. The average molecular weight is 657 g/mol. The lowest BCUT2D eigenvalue weighted by Crippen LogP contribution is -2.49. The van der Waals surface area contributed by atoms with Gasteiger partial charge in [-0.3, -0.25) is 9.59 Å². The molecule has 0 aliphatic heterocycles. The van der Waals surface area contributed by atoms with Crippen LogP contribution in [0, 0.1) is 0 Å². The van der Waals surface area contributed by atoms with Crippen molar-refractivity contribution in [2.75, 3.05) is 13.2 Å². The third-order valence-electron chi connectivity index (χ3n) is 7.77. The highest BCUT2D eigenvalue weighted by molar-refractivity contribution is 7.14. The van der Waals surface area contributed by atoms with Crippen LogP contribution in [-0.2, 0) is 16.6 Å². The Bertz CT molecular complexity index is 1560. The van der Waals surface area contributed by atoms with Crippen molar-refractivity contribution in [3.05, 3.63) is 88.4 Å². The van der Waals surface area contributed by atoms with E-state index in [2.05, 4.69) is 48.3 Å². The predicted octanol–water partition coefficient (Wildman–Crippen LogP) is 7.36. The lowest BCUT2D eigenvalue weighted by Gasteiger charge is -2.19. The summed E-state index contributed by atoms with van der Waals surface area (Å²) >= 11 is 1.43. The van der Waals surface area contributed by atoms with Gasteiger partial charge in [-0.2, -0.15) is 0 Å². The van der Waals surface area contributed by atoms with Gasteiger partial charge in [0.15, 0.2) is 5.82 Å². The standard InChI is InChI=1S/C38H48N4O4S/c1-6-7-8-9-10-21-46-31-17-15-28(16-18-31)30-24-39-35(40-25-30)29-13-11-27(12-14-29)22-32(36(44)41-23-26(2)43)42-37(45)33-19-20-34(47-33)38(3,4)5/h11-20,24-26,32,43H,6-10,21-23H2,1-5H3,(H,41,44)(H,42,45). The second kappa shape index (κ2) is 17.2. The lowest BCUT2D eigenvalue weighted by molar-refractivity contribution is -0.123. The molecule has 9 heteroatoms. The number of thiophene rings is 1. The molecule has 47 heavy (non-hydrogen) atoms. The Morgan fingerprint density at radius 3 is 2.15 bits per heavy atom. The van der Waals surface area contributed by atoms with Crippen LogP contribution in [0.2, 0.25) is 0 Å². The number of aliphatic hydroxyl groups excluding tert-OH is 1. The summed E-state index contributed by atoms with van der Waals surface area (Å²) < 4.78 is 5.89. The first-order valence-corrected chi connectivity index (χ1v) is 17.4. The number of carbonyl (C=O) groups excluding carboxylic acids is 2. The van der Waals surface area contributed by atoms with Gasteiger partial charge < -0.3 is 20.5 Å². The molecular weight excluding hydrogens is 609 g/mol. The number of benzene rings is 2. The molecule has 2 heterocycles. The van der Waals surface area contributed by atoms with E-state index in [1.165, 1.54) is 37.0 Å². The molecule has 0 saturated heterocycles. The van der Waals surface area contributed by atoms with E-state index in [1.54, 1.807) is 13.0 Å². The van der Waals surface area contributed by atoms with E-state index in [-0.39, 0.29) is 30.2 Å². The van der Waals surface area contributed by atoms with E-state index >= 15 is 0 Å². The molecule has 0 aliphatic rings. The molecule has 4 aromatic rings. The minimum atomic E-state index is -0.814. The van der Waals surface area contributed by atoms with Gasteiger partial charge in [-0.05, 0) is 54.2 Å². The monoisotopic (exact) mass is 656 g/mol. The first kappa shape index (κ1) is 35.8. The fourth-order valence-corrected chi connectivity index (χ4v) is 5.93. The van der Waals surface area contributed by atoms with Gasteiger partial charge in [0, 0.05) is 41.4 Å². The van der Waals surface area contributed by atoms with Crippen molar-refractivity contribution in [3.63, 3.8) is 0 Å². The molecule has 2 unspecified atom stereocenters. The highest BCUT2D eigenvalue weighted by Crippen LogP contribution is 2.29. The van der Waals surface area contributed by atoms with E-state index < -0.39 is 12.1 Å². The maximum atomic E-state index is 13.1. The van der Waals surface area contributed by atoms with E-state index in [9.17, 15) is 14.7 Å². The number of aliphatic hydroxyl groups is 1. The molecular formula is C38H48N4O4S. The highest BCUT2D eigenvalue weighted by atomic mass is 32.1. The van der Waals surface area contributed by atoms with E-state index in [4.69, 9.17) is 4.74 Å². The summed E-state index contributed by atoms with van der Waals surface area (Å²) in [6.07, 6.45) is 9.27. The molecule has 0 aliphatic carbocycles. The first-order chi connectivity index (χ1) is 22.5. The number of ether oxygens (including phenoxy) is 1. The molecule has 0 saturated carbocycles. The van der Waals surface area contributed by atoms with Crippen LogP contribution in [0.1, 0.15) is 86.8 Å². The largest absolute Gasteiger partial charge is 0.494 e. The molecule has 0 radical (unpaired) electrons. The van der Waals surface area contributed by atoms with Crippen LogP contribution in [0.15, 0.2) is 73.1 Å². The zero-order valence-electron chi connectivity index (χ0n) is 28.2. The van der Waals surface area contributed by atoms with Crippen molar-refractivity contribution >= 4 is 23.2 Å². The van der Waals surface area contributed by atoms with Crippen molar-refractivity contribution < 1.29 is 19.4 Å². The number of nitrogens with zero attached hydrogens (tertiary/aromatic N) is 2. The fourth-order valence-electron chi connectivity index (χ4n) is 4.96. The quantitative estimate of drug-likeness (QED) is 0.109. The minimum absolute atomic E-state index is 0.0727. The molecule has 8 nitrogen and oxygen atoms in total. The number of nitrogens with one attached hydrogen (secondary N) is 2. The number of amides is 2. The van der Waals surface area contributed by atoms with Gasteiger partial charge in [-0.15, -0.1) is 11.3 Å². The SMILES string of the molecule is CCCCCCCOc1ccc(-c2cnc(-c3ccc(CC(NC(=O)c4ccc(C(C)(C)C)s4)C(=O)NCC(C)O)cc3)nc2)cc1. The van der Waals surface area contributed by atoms with E-state index in [0.29, 0.717) is 10.7 Å². The summed E-state index contributed by atoms with van der Waals surface area (Å²) in [5, 5.41) is 15.3. The molecule has 2 aromatic heterocycles. The molecule has 2 atom stereocenters. The number of hydrogen-bond acceptors (Lipinski definition) is 7. The van der Waals surface area contributed by atoms with Crippen LogP contribution < -0.4 is 15.4 Å². The zero-order valence-corrected chi connectivity index (χ0v) is 29.0. The maximum absolute atomic E-state index is 13.1. The van der Waals surface area contributed by atoms with Crippen molar-refractivity contribution in [1.29, 1.82) is 0 Å². The Labute approximate surface area is 283 Å². The molecule has 0 bridgehead atoms. The lowest BCUT2D eigenvalue weighted by atomic mass is 9.95. The summed E-state index contributed by atoms with van der Waals surface area (Å²) in [7, 11) is 0. The highest BCUT2D eigenvalue weighted by Gasteiger charge is 2.24. The fraction of sp³-hybridized carbons (Fsp3) is 0.421. The number of hydrogen-bond donors (Lipinski definition) is 3.